The van der Waals surface area contributed by atoms with Crippen LogP contribution in [-0.4, -0.2) is 50.4 Å². The van der Waals surface area contributed by atoms with Crippen molar-refractivity contribution in [1.29, 1.82) is 0 Å². The van der Waals surface area contributed by atoms with Gasteiger partial charge in [0.2, 0.25) is 0 Å². The molecule has 1 saturated heterocycles. The molecule has 45 heavy (non-hydrogen) atoms. The Bertz CT molecular complexity index is 1190. The Balaban J connectivity index is 1.81. The Kier molecular flexibility index (Phi) is 13.9. The molecule has 2 aromatic carbocycles. The normalized spacial score (nSPS) is 23.4. The maximum atomic E-state index is 13.9. The van der Waals surface area contributed by atoms with Crippen LogP contribution in [0.4, 0.5) is 0 Å². The number of Topliss-reactive ketones (excluding diaryl/α,β-unsaturated/α-hetero) is 1. The lowest BCUT2D eigenvalue weighted by molar-refractivity contribution is -0.281. The average molecular weight is 627 g/mol. The van der Waals surface area contributed by atoms with Crippen LogP contribution in [0.3, 0.4) is 0 Å². The molecule has 0 amide bonds. The Morgan fingerprint density at radius 2 is 1.40 bits per heavy atom. The summed E-state index contributed by atoms with van der Waals surface area (Å²) in [6.45, 7) is 16.3. The first kappa shape index (κ1) is 36.5. The summed E-state index contributed by atoms with van der Waals surface area (Å²) in [5, 5.41) is 0. The first-order valence-corrected chi connectivity index (χ1v) is 16.4. The van der Waals surface area contributed by atoms with Crippen molar-refractivity contribution in [3.05, 3.63) is 59.7 Å². The summed E-state index contributed by atoms with van der Waals surface area (Å²) in [6, 6.07) is 15.3. The van der Waals surface area contributed by atoms with Crippen molar-refractivity contribution < 1.29 is 38.0 Å². The predicted octanol–water partition coefficient (Wildman–Crippen LogP) is 7.57. The summed E-state index contributed by atoms with van der Waals surface area (Å²) in [4.78, 5) is 27.0. The van der Waals surface area contributed by atoms with Crippen LogP contribution < -0.4 is 9.47 Å². The molecule has 1 aliphatic heterocycles. The topological polar surface area (TPSA) is 89.5 Å². The number of methoxy groups -OCH3 is 2. The Hall–Kier alpha value is -2.94. The van der Waals surface area contributed by atoms with Gasteiger partial charge in [-0.1, -0.05) is 72.7 Å². The van der Waals surface area contributed by atoms with Crippen LogP contribution in [0.25, 0.3) is 0 Å². The van der Waals surface area contributed by atoms with Crippen LogP contribution in [0, 0.1) is 29.6 Å². The fourth-order valence-corrected chi connectivity index (χ4v) is 6.35. The van der Waals surface area contributed by atoms with E-state index in [2.05, 4.69) is 27.7 Å². The first-order chi connectivity index (χ1) is 21.4. The molecule has 250 valence electrons. The fraction of sp³-hybridized carbons (Fsp3) is 0.622. The minimum Gasteiger partial charge on any atom is -0.497 e. The molecular formula is C37H54O8. The number of carbonyl (C=O) groups excluding carboxylic acids is 2. The molecule has 0 bridgehead atoms. The number of esters is 1. The van der Waals surface area contributed by atoms with Gasteiger partial charge in [-0.2, -0.15) is 0 Å². The average Bonchev–Trinajstić information content (AvgIpc) is 3.06. The van der Waals surface area contributed by atoms with Crippen LogP contribution in [0.1, 0.15) is 85.6 Å². The predicted molar refractivity (Wildman–Crippen MR) is 174 cm³/mol. The molecule has 2 aromatic rings. The van der Waals surface area contributed by atoms with Crippen LogP contribution >= 0.6 is 0 Å². The molecule has 0 aliphatic carbocycles. The van der Waals surface area contributed by atoms with Gasteiger partial charge in [0.15, 0.2) is 6.29 Å². The van der Waals surface area contributed by atoms with Crippen LogP contribution in [0.15, 0.2) is 48.5 Å². The zero-order chi connectivity index (χ0) is 33.3. The van der Waals surface area contributed by atoms with E-state index in [0.717, 1.165) is 29.0 Å². The maximum Gasteiger partial charge on any atom is 0.311 e. The molecule has 1 heterocycles. The van der Waals surface area contributed by atoms with Crippen LogP contribution in [0.2, 0.25) is 0 Å². The highest BCUT2D eigenvalue weighted by atomic mass is 16.7. The molecule has 0 N–H and O–H groups in total. The Morgan fingerprint density at radius 3 is 1.91 bits per heavy atom. The second-order valence-electron chi connectivity index (χ2n) is 12.7. The van der Waals surface area contributed by atoms with Crippen LogP contribution in [-0.2, 0) is 35.1 Å². The molecule has 8 heteroatoms. The summed E-state index contributed by atoms with van der Waals surface area (Å²) < 4.78 is 36.2. The number of ether oxygens (including phenoxy) is 6. The molecule has 3 rings (SSSR count). The number of ketones is 1. The minimum absolute atomic E-state index is 0.0474. The third-order valence-corrected chi connectivity index (χ3v) is 9.24. The Labute approximate surface area is 270 Å². The quantitative estimate of drug-likeness (QED) is 0.176. The molecule has 0 spiro atoms. The number of benzene rings is 2. The van der Waals surface area contributed by atoms with E-state index >= 15 is 0 Å². The highest BCUT2D eigenvalue weighted by molar-refractivity contribution is 5.81. The molecule has 1 aliphatic rings. The van der Waals surface area contributed by atoms with E-state index in [9.17, 15) is 9.59 Å². The van der Waals surface area contributed by atoms with E-state index in [1.54, 1.807) is 14.2 Å². The van der Waals surface area contributed by atoms with E-state index < -0.39 is 30.3 Å². The first-order valence-electron chi connectivity index (χ1n) is 16.4. The van der Waals surface area contributed by atoms with E-state index in [-0.39, 0.29) is 41.7 Å². The van der Waals surface area contributed by atoms with Gasteiger partial charge in [0, 0.05) is 23.8 Å². The monoisotopic (exact) mass is 626 g/mol. The highest BCUT2D eigenvalue weighted by Gasteiger charge is 2.44. The van der Waals surface area contributed by atoms with E-state index in [1.165, 1.54) is 0 Å². The van der Waals surface area contributed by atoms with Gasteiger partial charge in [0.05, 0.1) is 51.0 Å². The van der Waals surface area contributed by atoms with E-state index in [1.807, 2.05) is 76.2 Å². The lowest BCUT2D eigenvalue weighted by Crippen LogP contribution is -2.49. The lowest BCUT2D eigenvalue weighted by Gasteiger charge is -2.43. The lowest BCUT2D eigenvalue weighted by atomic mass is 9.82. The van der Waals surface area contributed by atoms with Gasteiger partial charge in [-0.3, -0.25) is 9.59 Å². The van der Waals surface area contributed by atoms with Gasteiger partial charge < -0.3 is 28.4 Å². The zero-order valence-corrected chi connectivity index (χ0v) is 28.8. The summed E-state index contributed by atoms with van der Waals surface area (Å²) in [6.07, 6.45) is -0.942. The summed E-state index contributed by atoms with van der Waals surface area (Å²) in [7, 11) is 3.26. The van der Waals surface area contributed by atoms with Crippen molar-refractivity contribution in [2.45, 2.75) is 106 Å². The van der Waals surface area contributed by atoms with Crippen molar-refractivity contribution in [3.8, 4) is 11.5 Å². The van der Waals surface area contributed by atoms with Gasteiger partial charge >= 0.3 is 5.97 Å². The molecule has 0 radical (unpaired) electrons. The second kappa shape index (κ2) is 17.1. The highest BCUT2D eigenvalue weighted by Crippen LogP contribution is 2.39. The molecule has 0 saturated carbocycles. The molecule has 8 nitrogen and oxygen atoms in total. The standard InChI is InChI=1S/C37H54O8/c1-11-31(38)23(5)34(25(7)33(22(3)4)42-21-27-13-17-29(40-9)18-14-27)44-36(39)26(8)35-24(6)32(12-2)43-37(45-35)28-15-19-30(41-10)20-16-28/h13-20,22-26,32-35,37H,11-12,21H2,1-10H3/t23-,24-,25+,26-,32+,33+,34-,35-,37+/m1/s1. The van der Waals surface area contributed by atoms with Gasteiger partial charge in [-0.15, -0.1) is 0 Å². The van der Waals surface area contributed by atoms with Crippen molar-refractivity contribution >= 4 is 11.8 Å². The fourth-order valence-electron chi connectivity index (χ4n) is 6.35. The van der Waals surface area contributed by atoms with E-state index in [0.29, 0.717) is 13.0 Å². The van der Waals surface area contributed by atoms with E-state index in [4.69, 9.17) is 28.4 Å². The second-order valence-corrected chi connectivity index (χ2v) is 12.7. The molecule has 9 atom stereocenters. The van der Waals surface area contributed by atoms with Crippen molar-refractivity contribution in [2.24, 2.45) is 29.6 Å². The minimum atomic E-state index is -0.662. The maximum absolute atomic E-state index is 13.9. The number of hydrogen-bond acceptors (Lipinski definition) is 8. The van der Waals surface area contributed by atoms with Gasteiger partial charge in [0.1, 0.15) is 23.4 Å². The van der Waals surface area contributed by atoms with Crippen molar-refractivity contribution in [2.75, 3.05) is 14.2 Å². The zero-order valence-electron chi connectivity index (χ0n) is 28.8. The molecule has 0 aromatic heterocycles. The van der Waals surface area contributed by atoms with Gasteiger partial charge in [-0.05, 0) is 49.1 Å². The SMILES string of the molecule is CCC(=O)[C@@H](C)[C@@H](OC(=O)[C@H](C)[C@@H]1O[C@@H](c2ccc(OC)cc2)O[C@@H](CC)[C@H]1C)[C@@H](C)[C@@H](OCc1ccc(OC)cc1)C(C)C. The third-order valence-electron chi connectivity index (χ3n) is 9.24. The molecule has 0 unspecified atom stereocenters. The molecular weight excluding hydrogens is 572 g/mol. The third kappa shape index (κ3) is 9.30. The van der Waals surface area contributed by atoms with Crippen molar-refractivity contribution in [1.82, 2.24) is 0 Å². The van der Waals surface area contributed by atoms with Gasteiger partial charge in [-0.25, -0.2) is 0 Å². The number of rotatable bonds is 16. The van der Waals surface area contributed by atoms with Crippen LogP contribution in [0.5, 0.6) is 11.5 Å². The Morgan fingerprint density at radius 1 is 0.822 bits per heavy atom. The number of hydrogen-bond donors (Lipinski definition) is 0. The summed E-state index contributed by atoms with van der Waals surface area (Å²) in [5.74, 6) is -0.0625. The molecule has 1 fully saturated rings. The smallest absolute Gasteiger partial charge is 0.311 e. The number of carbonyl (C=O) groups is 2. The van der Waals surface area contributed by atoms with Gasteiger partial charge in [0.25, 0.3) is 0 Å². The van der Waals surface area contributed by atoms with Crippen molar-refractivity contribution in [3.63, 3.8) is 0 Å². The largest absolute Gasteiger partial charge is 0.497 e. The summed E-state index contributed by atoms with van der Waals surface area (Å²) in [5.41, 5.74) is 1.87. The summed E-state index contributed by atoms with van der Waals surface area (Å²) >= 11 is 0.